The molecular formula is C23H28N4O5. The second-order valence-electron chi connectivity index (χ2n) is 7.51. The van der Waals surface area contributed by atoms with Gasteiger partial charge in [-0.15, -0.1) is 0 Å². The number of amides is 4. The maximum Gasteiger partial charge on any atom is 0.243 e. The van der Waals surface area contributed by atoms with Crippen LogP contribution >= 0.6 is 0 Å². The summed E-state index contributed by atoms with van der Waals surface area (Å²) in [5.41, 5.74) is 6.98. The number of rotatable bonds is 10. The molecule has 0 fully saturated rings. The topological polar surface area (TPSA) is 151 Å². The molecule has 0 aliphatic rings. The number of hydrogen-bond donors (Lipinski definition) is 5. The van der Waals surface area contributed by atoms with Gasteiger partial charge >= 0.3 is 0 Å². The summed E-state index contributed by atoms with van der Waals surface area (Å²) in [6.45, 7) is 2.78. The quantitative estimate of drug-likeness (QED) is 0.356. The molecule has 9 heteroatoms. The molecule has 2 aromatic rings. The van der Waals surface area contributed by atoms with Crippen molar-refractivity contribution in [2.24, 2.45) is 5.73 Å². The van der Waals surface area contributed by atoms with E-state index in [2.05, 4.69) is 16.0 Å². The molecule has 9 nitrogen and oxygen atoms in total. The summed E-state index contributed by atoms with van der Waals surface area (Å²) in [4.78, 5) is 48.7. The average Bonchev–Trinajstić information content (AvgIpc) is 2.74. The summed E-state index contributed by atoms with van der Waals surface area (Å²) < 4.78 is 0. The molecule has 0 saturated heterocycles. The summed E-state index contributed by atoms with van der Waals surface area (Å²) in [5, 5.41) is 17.2. The van der Waals surface area contributed by atoms with Crippen LogP contribution in [0.15, 0.2) is 54.6 Å². The second-order valence-corrected chi connectivity index (χ2v) is 7.51. The van der Waals surface area contributed by atoms with Gasteiger partial charge in [-0.1, -0.05) is 42.5 Å². The molecule has 0 heterocycles. The summed E-state index contributed by atoms with van der Waals surface area (Å²) in [5.74, 6) is -2.18. The normalized spacial score (nSPS) is 13.3. The van der Waals surface area contributed by atoms with E-state index in [0.29, 0.717) is 5.56 Å². The SMILES string of the molecule is CC(=O)N[C@@H](C)C(=O)N[C@@H](Cc1ccc(O)cc1)C(=O)N[C@@H](Cc1ccccc1)C(N)=O. The average molecular weight is 441 g/mol. The molecule has 0 saturated carbocycles. The highest BCUT2D eigenvalue weighted by Gasteiger charge is 2.27. The molecule has 0 unspecified atom stereocenters. The smallest absolute Gasteiger partial charge is 0.243 e. The highest BCUT2D eigenvalue weighted by Crippen LogP contribution is 2.12. The number of carbonyl (C=O) groups is 4. The van der Waals surface area contributed by atoms with Crippen molar-refractivity contribution in [1.82, 2.24) is 16.0 Å². The van der Waals surface area contributed by atoms with Crippen molar-refractivity contribution in [3.8, 4) is 5.75 Å². The van der Waals surface area contributed by atoms with E-state index in [9.17, 15) is 24.3 Å². The summed E-state index contributed by atoms with van der Waals surface area (Å²) >= 11 is 0. The summed E-state index contributed by atoms with van der Waals surface area (Å²) in [6.07, 6.45) is 0.297. The van der Waals surface area contributed by atoms with Crippen LogP contribution in [0.3, 0.4) is 0 Å². The first kappa shape index (κ1) is 24.4. The Morgan fingerprint density at radius 1 is 0.812 bits per heavy atom. The van der Waals surface area contributed by atoms with Gasteiger partial charge in [0.25, 0.3) is 0 Å². The summed E-state index contributed by atoms with van der Waals surface area (Å²) in [6, 6.07) is 12.4. The third-order valence-corrected chi connectivity index (χ3v) is 4.76. The molecule has 2 rings (SSSR count). The maximum absolute atomic E-state index is 13.0. The summed E-state index contributed by atoms with van der Waals surface area (Å²) in [7, 11) is 0. The van der Waals surface area contributed by atoms with Crippen LogP contribution in [0.5, 0.6) is 5.75 Å². The molecule has 0 bridgehead atoms. The molecular weight excluding hydrogens is 412 g/mol. The van der Waals surface area contributed by atoms with E-state index in [1.54, 1.807) is 12.1 Å². The van der Waals surface area contributed by atoms with Gasteiger partial charge in [-0.2, -0.15) is 0 Å². The van der Waals surface area contributed by atoms with Crippen molar-refractivity contribution in [2.45, 2.75) is 44.8 Å². The van der Waals surface area contributed by atoms with E-state index in [1.165, 1.54) is 26.0 Å². The predicted molar refractivity (Wildman–Crippen MR) is 118 cm³/mol. The van der Waals surface area contributed by atoms with Crippen LogP contribution in [-0.2, 0) is 32.0 Å². The first-order valence-corrected chi connectivity index (χ1v) is 10.1. The van der Waals surface area contributed by atoms with Gasteiger partial charge in [0, 0.05) is 19.8 Å². The highest BCUT2D eigenvalue weighted by atomic mass is 16.3. The van der Waals surface area contributed by atoms with Crippen LogP contribution in [0.2, 0.25) is 0 Å². The Morgan fingerprint density at radius 2 is 1.34 bits per heavy atom. The zero-order valence-electron chi connectivity index (χ0n) is 18.0. The maximum atomic E-state index is 13.0. The lowest BCUT2D eigenvalue weighted by atomic mass is 10.0. The van der Waals surface area contributed by atoms with Crippen molar-refractivity contribution in [1.29, 1.82) is 0 Å². The van der Waals surface area contributed by atoms with Crippen LogP contribution < -0.4 is 21.7 Å². The number of carbonyl (C=O) groups excluding carboxylic acids is 4. The van der Waals surface area contributed by atoms with E-state index in [4.69, 9.17) is 5.73 Å². The number of nitrogens with two attached hydrogens (primary N) is 1. The Balaban J connectivity index is 2.18. The van der Waals surface area contributed by atoms with Crippen molar-refractivity contribution in [3.63, 3.8) is 0 Å². The number of phenols is 1. The molecule has 3 atom stereocenters. The van der Waals surface area contributed by atoms with Crippen LogP contribution in [0, 0.1) is 0 Å². The minimum absolute atomic E-state index is 0.0646. The molecule has 0 spiro atoms. The zero-order valence-corrected chi connectivity index (χ0v) is 18.0. The molecule has 0 radical (unpaired) electrons. The lowest BCUT2D eigenvalue weighted by Crippen LogP contribution is -2.56. The van der Waals surface area contributed by atoms with Gasteiger partial charge in [-0.3, -0.25) is 19.2 Å². The Morgan fingerprint density at radius 3 is 1.91 bits per heavy atom. The third-order valence-electron chi connectivity index (χ3n) is 4.76. The molecule has 2 aromatic carbocycles. The number of benzene rings is 2. The fourth-order valence-corrected chi connectivity index (χ4v) is 3.09. The van der Waals surface area contributed by atoms with Crippen molar-refractivity contribution < 1.29 is 24.3 Å². The van der Waals surface area contributed by atoms with Gasteiger partial charge in [0.15, 0.2) is 0 Å². The first-order valence-electron chi connectivity index (χ1n) is 10.1. The number of primary amides is 1. The lowest BCUT2D eigenvalue weighted by molar-refractivity contribution is -0.132. The van der Waals surface area contributed by atoms with Gasteiger partial charge < -0.3 is 26.8 Å². The van der Waals surface area contributed by atoms with Crippen molar-refractivity contribution in [3.05, 3.63) is 65.7 Å². The molecule has 0 aliphatic heterocycles. The minimum atomic E-state index is -1.04. The Kier molecular flexibility index (Phi) is 8.76. The number of hydrogen-bond acceptors (Lipinski definition) is 5. The van der Waals surface area contributed by atoms with E-state index >= 15 is 0 Å². The number of aromatic hydroxyl groups is 1. The molecule has 0 aromatic heterocycles. The van der Waals surface area contributed by atoms with E-state index in [-0.39, 0.29) is 24.5 Å². The molecule has 0 aliphatic carbocycles. The second kappa shape index (κ2) is 11.5. The van der Waals surface area contributed by atoms with E-state index in [0.717, 1.165) is 5.56 Å². The Hall–Kier alpha value is -3.88. The highest BCUT2D eigenvalue weighted by molar-refractivity contribution is 5.93. The zero-order chi connectivity index (χ0) is 23.7. The number of phenolic OH excluding ortho intramolecular Hbond substituents is 1. The van der Waals surface area contributed by atoms with Crippen molar-refractivity contribution >= 4 is 23.6 Å². The first-order chi connectivity index (χ1) is 15.2. The standard InChI is InChI=1S/C23H28N4O5/c1-14(25-15(2)28)22(31)27-20(13-17-8-10-18(29)11-9-17)23(32)26-19(21(24)30)12-16-6-4-3-5-7-16/h3-11,14,19-20,29H,12-13H2,1-2H3,(H2,24,30)(H,25,28)(H,26,32)(H,27,31)/t14-,19-,20-/m0/s1. The van der Waals surface area contributed by atoms with Gasteiger partial charge in [0.1, 0.15) is 23.9 Å². The predicted octanol–water partition coefficient (Wildman–Crippen LogP) is 0.157. The fraction of sp³-hybridized carbons (Fsp3) is 0.304. The van der Waals surface area contributed by atoms with Gasteiger partial charge in [0.2, 0.25) is 23.6 Å². The van der Waals surface area contributed by atoms with Gasteiger partial charge in [0.05, 0.1) is 0 Å². The van der Waals surface area contributed by atoms with Crippen LogP contribution in [-0.4, -0.2) is 46.9 Å². The van der Waals surface area contributed by atoms with Crippen LogP contribution in [0.4, 0.5) is 0 Å². The Labute approximate surface area is 186 Å². The van der Waals surface area contributed by atoms with E-state index in [1.807, 2.05) is 30.3 Å². The third kappa shape index (κ3) is 7.75. The van der Waals surface area contributed by atoms with Gasteiger partial charge in [-0.25, -0.2) is 0 Å². The van der Waals surface area contributed by atoms with Crippen LogP contribution in [0.1, 0.15) is 25.0 Å². The minimum Gasteiger partial charge on any atom is -0.508 e. The largest absolute Gasteiger partial charge is 0.508 e. The molecule has 170 valence electrons. The lowest BCUT2D eigenvalue weighted by Gasteiger charge is -2.23. The van der Waals surface area contributed by atoms with Crippen LogP contribution in [0.25, 0.3) is 0 Å². The van der Waals surface area contributed by atoms with Gasteiger partial charge in [-0.05, 0) is 30.2 Å². The Bertz CT molecular complexity index is 947. The number of nitrogens with one attached hydrogen (secondary N) is 3. The molecule has 6 N–H and O–H groups in total. The van der Waals surface area contributed by atoms with Crippen molar-refractivity contribution in [2.75, 3.05) is 0 Å². The fourth-order valence-electron chi connectivity index (χ4n) is 3.09. The van der Waals surface area contributed by atoms with E-state index < -0.39 is 35.8 Å². The molecule has 4 amide bonds. The molecule has 32 heavy (non-hydrogen) atoms. The monoisotopic (exact) mass is 440 g/mol.